The fourth-order valence-electron chi connectivity index (χ4n) is 1.51. The molecular formula is C12H11Br2N3O2S. The summed E-state index contributed by atoms with van der Waals surface area (Å²) in [5, 5.41) is 0. The van der Waals surface area contributed by atoms with Crippen LogP contribution in [0.25, 0.3) is 0 Å². The Morgan fingerprint density at radius 3 is 2.20 bits per heavy atom. The molecule has 0 spiro atoms. The van der Waals surface area contributed by atoms with E-state index in [-0.39, 0.29) is 4.90 Å². The minimum Gasteiger partial charge on any atom is -0.324 e. The smallest absolute Gasteiger partial charge is 0.261 e. The average molecular weight is 421 g/mol. The second-order valence-electron chi connectivity index (χ2n) is 3.90. The van der Waals surface area contributed by atoms with Crippen molar-refractivity contribution >= 4 is 53.3 Å². The summed E-state index contributed by atoms with van der Waals surface area (Å²) in [6.45, 7) is 0. The molecule has 2 rings (SSSR count). The predicted octanol–water partition coefficient (Wildman–Crippen LogP) is 3.30. The van der Waals surface area contributed by atoms with Gasteiger partial charge in [0.2, 0.25) is 0 Å². The largest absolute Gasteiger partial charge is 0.324 e. The van der Waals surface area contributed by atoms with Gasteiger partial charge < -0.3 is 5.43 Å². The molecule has 0 atom stereocenters. The Morgan fingerprint density at radius 2 is 1.65 bits per heavy atom. The van der Waals surface area contributed by atoms with E-state index in [9.17, 15) is 8.42 Å². The number of anilines is 2. The third-order valence-corrected chi connectivity index (χ3v) is 5.04. The Bertz CT molecular complexity index is 718. The molecule has 2 aromatic carbocycles. The van der Waals surface area contributed by atoms with Gasteiger partial charge in [0.1, 0.15) is 0 Å². The van der Waals surface area contributed by atoms with Gasteiger partial charge in [0.15, 0.2) is 0 Å². The quantitative estimate of drug-likeness (QED) is 0.523. The first-order chi connectivity index (χ1) is 9.42. The SMILES string of the molecule is NNc1ccc(S(=O)(=O)Nc2ccc(Br)cc2Br)cc1. The summed E-state index contributed by atoms with van der Waals surface area (Å²) < 4.78 is 28.5. The molecular weight excluding hydrogens is 410 g/mol. The minimum atomic E-state index is -3.64. The summed E-state index contributed by atoms with van der Waals surface area (Å²) in [7, 11) is -3.64. The molecule has 0 aliphatic heterocycles. The molecule has 0 heterocycles. The number of nitrogens with two attached hydrogens (primary N) is 1. The summed E-state index contributed by atoms with van der Waals surface area (Å²) in [5.41, 5.74) is 3.54. The van der Waals surface area contributed by atoms with E-state index in [4.69, 9.17) is 5.84 Å². The van der Waals surface area contributed by atoms with Crippen LogP contribution in [0, 0.1) is 0 Å². The van der Waals surface area contributed by atoms with Gasteiger partial charge in [-0.2, -0.15) is 0 Å². The van der Waals surface area contributed by atoms with Crippen LogP contribution in [0.2, 0.25) is 0 Å². The number of hydrogen-bond acceptors (Lipinski definition) is 4. The van der Waals surface area contributed by atoms with Gasteiger partial charge in [0.05, 0.1) is 10.6 Å². The van der Waals surface area contributed by atoms with Crippen molar-refractivity contribution in [1.29, 1.82) is 0 Å². The van der Waals surface area contributed by atoms with Crippen LogP contribution in [0.15, 0.2) is 56.3 Å². The second kappa shape index (κ2) is 6.13. The standard InChI is InChI=1S/C12H11Br2N3O2S/c13-8-1-6-12(11(14)7-8)17-20(18,19)10-4-2-9(16-15)3-5-10/h1-7,16-17H,15H2. The van der Waals surface area contributed by atoms with Gasteiger partial charge >= 0.3 is 0 Å². The average Bonchev–Trinajstić information content (AvgIpc) is 2.42. The number of nitrogen functional groups attached to an aromatic ring is 1. The number of hydrazine groups is 1. The van der Waals surface area contributed by atoms with Gasteiger partial charge in [-0.15, -0.1) is 0 Å². The summed E-state index contributed by atoms with van der Waals surface area (Å²) in [6, 6.07) is 11.3. The molecule has 4 N–H and O–H groups in total. The van der Waals surface area contributed by atoms with Crippen LogP contribution < -0.4 is 16.0 Å². The monoisotopic (exact) mass is 419 g/mol. The Hall–Kier alpha value is -1.09. The summed E-state index contributed by atoms with van der Waals surface area (Å²) in [5.74, 6) is 5.24. The fourth-order valence-corrected chi connectivity index (χ4v) is 3.86. The molecule has 0 aliphatic rings. The van der Waals surface area contributed by atoms with E-state index in [1.54, 1.807) is 30.3 Å². The van der Waals surface area contributed by atoms with Crippen molar-refractivity contribution in [1.82, 2.24) is 0 Å². The van der Waals surface area contributed by atoms with Crippen molar-refractivity contribution in [2.24, 2.45) is 5.84 Å². The van der Waals surface area contributed by atoms with Crippen LogP contribution in [-0.4, -0.2) is 8.42 Å². The first-order valence-corrected chi connectivity index (χ1v) is 8.54. The highest BCUT2D eigenvalue weighted by atomic mass is 79.9. The van der Waals surface area contributed by atoms with Crippen LogP contribution in [0.1, 0.15) is 0 Å². The lowest BCUT2D eigenvalue weighted by atomic mass is 10.3. The van der Waals surface area contributed by atoms with Crippen molar-refractivity contribution < 1.29 is 8.42 Å². The lowest BCUT2D eigenvalue weighted by molar-refractivity contribution is 0.601. The number of rotatable bonds is 4. The Balaban J connectivity index is 2.30. The van der Waals surface area contributed by atoms with Gasteiger partial charge in [0, 0.05) is 14.6 Å². The highest BCUT2D eigenvalue weighted by Gasteiger charge is 2.15. The molecule has 0 fully saturated rings. The summed E-state index contributed by atoms with van der Waals surface area (Å²) in [4.78, 5) is 0.159. The molecule has 0 saturated carbocycles. The van der Waals surface area contributed by atoms with E-state index in [1.807, 2.05) is 0 Å². The molecule has 106 valence electrons. The second-order valence-corrected chi connectivity index (χ2v) is 7.35. The zero-order chi connectivity index (χ0) is 14.8. The maximum absolute atomic E-state index is 12.2. The normalized spacial score (nSPS) is 11.2. The third kappa shape index (κ3) is 3.51. The van der Waals surface area contributed by atoms with Crippen LogP contribution in [0.3, 0.4) is 0 Å². The highest BCUT2D eigenvalue weighted by Crippen LogP contribution is 2.28. The van der Waals surface area contributed by atoms with Crippen molar-refractivity contribution in [3.05, 3.63) is 51.4 Å². The summed E-state index contributed by atoms with van der Waals surface area (Å²) in [6.07, 6.45) is 0. The molecule has 5 nitrogen and oxygen atoms in total. The predicted molar refractivity (Wildman–Crippen MR) is 86.9 cm³/mol. The number of nitrogens with one attached hydrogen (secondary N) is 2. The van der Waals surface area contributed by atoms with E-state index < -0.39 is 10.0 Å². The zero-order valence-electron chi connectivity index (χ0n) is 10.1. The van der Waals surface area contributed by atoms with Gasteiger partial charge in [0.25, 0.3) is 10.0 Å². The van der Waals surface area contributed by atoms with Crippen LogP contribution in [0.4, 0.5) is 11.4 Å². The van der Waals surface area contributed by atoms with E-state index in [0.29, 0.717) is 15.8 Å². The molecule has 0 amide bonds. The molecule has 20 heavy (non-hydrogen) atoms. The lowest BCUT2D eigenvalue weighted by Gasteiger charge is -2.10. The van der Waals surface area contributed by atoms with Crippen molar-refractivity contribution in [3.63, 3.8) is 0 Å². The van der Waals surface area contributed by atoms with Crippen LogP contribution in [0.5, 0.6) is 0 Å². The molecule has 8 heteroatoms. The van der Waals surface area contributed by atoms with Crippen molar-refractivity contribution in [2.75, 3.05) is 10.1 Å². The fraction of sp³-hybridized carbons (Fsp3) is 0. The number of halogens is 2. The molecule has 0 bridgehead atoms. The molecule has 0 radical (unpaired) electrons. The van der Waals surface area contributed by atoms with E-state index in [1.165, 1.54) is 12.1 Å². The van der Waals surface area contributed by atoms with E-state index >= 15 is 0 Å². The number of sulfonamides is 1. The topological polar surface area (TPSA) is 84.2 Å². The lowest BCUT2D eigenvalue weighted by Crippen LogP contribution is -2.13. The van der Waals surface area contributed by atoms with E-state index in [0.717, 1.165) is 4.47 Å². The van der Waals surface area contributed by atoms with Gasteiger partial charge in [-0.25, -0.2) is 8.42 Å². The maximum Gasteiger partial charge on any atom is 0.261 e. The highest BCUT2D eigenvalue weighted by molar-refractivity contribution is 9.11. The van der Waals surface area contributed by atoms with Gasteiger partial charge in [-0.1, -0.05) is 15.9 Å². The van der Waals surface area contributed by atoms with Gasteiger partial charge in [-0.3, -0.25) is 10.6 Å². The maximum atomic E-state index is 12.2. The number of benzene rings is 2. The van der Waals surface area contributed by atoms with Crippen molar-refractivity contribution in [2.45, 2.75) is 4.90 Å². The van der Waals surface area contributed by atoms with Gasteiger partial charge in [-0.05, 0) is 58.4 Å². The zero-order valence-corrected chi connectivity index (χ0v) is 14.1. The third-order valence-electron chi connectivity index (χ3n) is 2.51. The first-order valence-electron chi connectivity index (χ1n) is 5.47. The molecule has 0 unspecified atom stereocenters. The molecule has 0 aliphatic carbocycles. The summed E-state index contributed by atoms with van der Waals surface area (Å²) >= 11 is 6.62. The van der Waals surface area contributed by atoms with Crippen LogP contribution in [-0.2, 0) is 10.0 Å². The van der Waals surface area contributed by atoms with Crippen molar-refractivity contribution in [3.8, 4) is 0 Å². The molecule has 0 saturated heterocycles. The molecule has 2 aromatic rings. The Labute approximate surface area is 133 Å². The Morgan fingerprint density at radius 1 is 1.00 bits per heavy atom. The minimum absolute atomic E-state index is 0.159. The number of hydrogen-bond donors (Lipinski definition) is 3. The first kappa shape index (κ1) is 15.3. The van der Waals surface area contributed by atoms with Crippen LogP contribution >= 0.6 is 31.9 Å². The molecule has 0 aromatic heterocycles. The Kier molecular flexibility index (Phi) is 4.69. The van der Waals surface area contributed by atoms with E-state index in [2.05, 4.69) is 42.0 Å².